The minimum atomic E-state index is 0.152. The molecule has 34 heavy (non-hydrogen) atoms. The first-order valence-corrected chi connectivity index (χ1v) is 12.4. The Bertz CT molecular complexity index is 1120. The van der Waals surface area contributed by atoms with Gasteiger partial charge in [0.2, 0.25) is 5.91 Å². The minimum absolute atomic E-state index is 0.152. The highest BCUT2D eigenvalue weighted by Gasteiger charge is 2.30. The summed E-state index contributed by atoms with van der Waals surface area (Å²) in [5, 5.41) is 3.43. The van der Waals surface area contributed by atoms with Gasteiger partial charge in [-0.05, 0) is 62.7 Å². The second kappa shape index (κ2) is 10.2. The van der Waals surface area contributed by atoms with E-state index in [9.17, 15) is 4.79 Å². The Labute approximate surface area is 201 Å². The third kappa shape index (κ3) is 4.95. The predicted octanol–water partition coefficient (Wildman–Crippen LogP) is 3.13. The molecule has 5 rings (SSSR count). The molecular weight excluding hydrogens is 426 g/mol. The van der Waals surface area contributed by atoms with Gasteiger partial charge < -0.3 is 19.5 Å². The Morgan fingerprint density at radius 2 is 1.82 bits per heavy atom. The Morgan fingerprint density at radius 1 is 1.06 bits per heavy atom. The molecule has 0 spiro atoms. The number of aromatic nitrogens is 2. The number of likely N-dealkylation sites (tertiary alicyclic amines) is 1. The van der Waals surface area contributed by atoms with Gasteiger partial charge >= 0.3 is 0 Å². The molecule has 7 heteroatoms. The van der Waals surface area contributed by atoms with Crippen LogP contribution in [0.15, 0.2) is 48.5 Å². The lowest BCUT2D eigenvalue weighted by molar-refractivity contribution is -0.138. The first kappa shape index (κ1) is 22.9. The van der Waals surface area contributed by atoms with Crippen molar-refractivity contribution in [1.82, 2.24) is 24.7 Å². The summed E-state index contributed by atoms with van der Waals surface area (Å²) in [5.41, 5.74) is 3.41. The first-order valence-electron chi connectivity index (χ1n) is 12.4. The molecule has 0 saturated carbocycles. The summed E-state index contributed by atoms with van der Waals surface area (Å²) in [6.45, 7) is 8.16. The van der Waals surface area contributed by atoms with Gasteiger partial charge in [-0.1, -0.05) is 24.3 Å². The zero-order valence-electron chi connectivity index (χ0n) is 20.2. The Kier molecular flexibility index (Phi) is 6.83. The van der Waals surface area contributed by atoms with Crippen molar-refractivity contribution in [2.75, 3.05) is 39.8 Å². The molecule has 2 aliphatic rings. The number of para-hydroxylation sites is 2. The molecule has 3 heterocycles. The van der Waals surface area contributed by atoms with Crippen LogP contribution in [0.2, 0.25) is 0 Å². The van der Waals surface area contributed by atoms with Crippen LogP contribution in [0, 0.1) is 5.92 Å². The van der Waals surface area contributed by atoms with E-state index >= 15 is 0 Å². The van der Waals surface area contributed by atoms with Crippen molar-refractivity contribution in [2.24, 2.45) is 5.92 Å². The van der Waals surface area contributed by atoms with Gasteiger partial charge in [-0.2, -0.15) is 0 Å². The standard InChI is InChI=1S/C27H35N5O2/c1-20-17-31(16-13-28-20)27(33)22-11-14-30(15-12-22)19-26-29-24-5-3-4-6-25(24)32(26)18-21-7-9-23(34-2)10-8-21/h3-10,20,22,28H,11-19H2,1-2H3/t20-/m1/s1. The van der Waals surface area contributed by atoms with Crippen molar-refractivity contribution < 1.29 is 9.53 Å². The van der Waals surface area contributed by atoms with Gasteiger partial charge in [0.25, 0.3) is 0 Å². The monoisotopic (exact) mass is 461 g/mol. The van der Waals surface area contributed by atoms with E-state index in [1.807, 2.05) is 18.2 Å². The largest absolute Gasteiger partial charge is 0.497 e. The van der Waals surface area contributed by atoms with Gasteiger partial charge in [0.05, 0.1) is 24.7 Å². The van der Waals surface area contributed by atoms with E-state index in [1.54, 1.807) is 7.11 Å². The van der Waals surface area contributed by atoms with Crippen LogP contribution in [0.3, 0.4) is 0 Å². The molecule has 2 fully saturated rings. The number of fused-ring (bicyclic) bond motifs is 1. The molecule has 0 aliphatic carbocycles. The molecule has 1 N–H and O–H groups in total. The van der Waals surface area contributed by atoms with Gasteiger partial charge in [-0.25, -0.2) is 4.98 Å². The highest BCUT2D eigenvalue weighted by atomic mass is 16.5. The molecule has 0 radical (unpaired) electrons. The lowest BCUT2D eigenvalue weighted by atomic mass is 9.94. The van der Waals surface area contributed by atoms with Crippen LogP contribution in [0.4, 0.5) is 0 Å². The highest BCUT2D eigenvalue weighted by molar-refractivity contribution is 5.79. The maximum Gasteiger partial charge on any atom is 0.225 e. The van der Waals surface area contributed by atoms with E-state index in [4.69, 9.17) is 9.72 Å². The third-order valence-electron chi connectivity index (χ3n) is 7.22. The van der Waals surface area contributed by atoms with E-state index in [-0.39, 0.29) is 5.92 Å². The molecule has 1 aromatic heterocycles. The van der Waals surface area contributed by atoms with Crippen LogP contribution in [0.25, 0.3) is 11.0 Å². The highest BCUT2D eigenvalue weighted by Crippen LogP contribution is 2.24. The average molecular weight is 462 g/mol. The zero-order chi connectivity index (χ0) is 23.5. The molecule has 0 bridgehead atoms. The average Bonchev–Trinajstić information content (AvgIpc) is 3.21. The van der Waals surface area contributed by atoms with E-state index in [0.29, 0.717) is 11.9 Å². The number of nitrogens with zero attached hydrogens (tertiary/aromatic N) is 4. The lowest BCUT2D eigenvalue weighted by Crippen LogP contribution is -2.53. The number of carbonyl (C=O) groups is 1. The van der Waals surface area contributed by atoms with Crippen molar-refractivity contribution in [3.63, 3.8) is 0 Å². The van der Waals surface area contributed by atoms with Gasteiger partial charge in [0, 0.05) is 38.1 Å². The van der Waals surface area contributed by atoms with Crippen molar-refractivity contribution >= 4 is 16.9 Å². The number of amides is 1. The summed E-state index contributed by atoms with van der Waals surface area (Å²) in [6.07, 6.45) is 1.85. The molecular formula is C27H35N5O2. The number of nitrogens with one attached hydrogen (secondary N) is 1. The van der Waals surface area contributed by atoms with Gasteiger partial charge in [0.1, 0.15) is 11.6 Å². The topological polar surface area (TPSA) is 62.6 Å². The summed E-state index contributed by atoms with van der Waals surface area (Å²) in [7, 11) is 1.69. The van der Waals surface area contributed by atoms with Crippen molar-refractivity contribution in [2.45, 2.75) is 38.9 Å². The fraction of sp³-hybridized carbons (Fsp3) is 0.481. The van der Waals surface area contributed by atoms with E-state index in [1.165, 1.54) is 5.56 Å². The molecule has 7 nitrogen and oxygen atoms in total. The van der Waals surface area contributed by atoms with E-state index in [0.717, 1.165) is 81.3 Å². The molecule has 180 valence electrons. The maximum atomic E-state index is 13.0. The quantitative estimate of drug-likeness (QED) is 0.611. The summed E-state index contributed by atoms with van der Waals surface area (Å²) in [5.74, 6) is 2.45. The summed E-state index contributed by atoms with van der Waals surface area (Å²) in [6, 6.07) is 17.0. The van der Waals surface area contributed by atoms with Gasteiger partial charge in [-0.3, -0.25) is 9.69 Å². The zero-order valence-corrected chi connectivity index (χ0v) is 20.2. The van der Waals surface area contributed by atoms with Crippen LogP contribution in [0.1, 0.15) is 31.2 Å². The van der Waals surface area contributed by atoms with Crippen LogP contribution >= 0.6 is 0 Å². The summed E-state index contributed by atoms with van der Waals surface area (Å²) >= 11 is 0. The van der Waals surface area contributed by atoms with Gasteiger partial charge in [0.15, 0.2) is 0 Å². The number of rotatable bonds is 6. The molecule has 2 aromatic carbocycles. The number of hydrogen-bond acceptors (Lipinski definition) is 5. The van der Waals surface area contributed by atoms with Crippen LogP contribution in [-0.2, 0) is 17.9 Å². The maximum absolute atomic E-state index is 13.0. The van der Waals surface area contributed by atoms with Crippen LogP contribution in [-0.4, -0.2) is 71.1 Å². The number of imidazole rings is 1. The SMILES string of the molecule is COc1ccc(Cn2c(CN3CCC(C(=O)N4CCN[C@H](C)C4)CC3)nc3ccccc32)cc1. The Hall–Kier alpha value is -2.90. The second-order valence-electron chi connectivity index (χ2n) is 9.64. The molecule has 1 atom stereocenters. The lowest BCUT2D eigenvalue weighted by Gasteiger charge is -2.37. The number of hydrogen-bond donors (Lipinski definition) is 1. The van der Waals surface area contributed by atoms with Crippen molar-refractivity contribution in [1.29, 1.82) is 0 Å². The van der Waals surface area contributed by atoms with Crippen molar-refractivity contribution in [3.05, 3.63) is 59.9 Å². The number of piperidine rings is 1. The number of ether oxygens (including phenoxy) is 1. The smallest absolute Gasteiger partial charge is 0.225 e. The predicted molar refractivity (Wildman–Crippen MR) is 134 cm³/mol. The first-order chi connectivity index (χ1) is 16.6. The van der Waals surface area contributed by atoms with E-state index in [2.05, 4.69) is 56.9 Å². The molecule has 2 saturated heterocycles. The number of methoxy groups -OCH3 is 1. The Balaban J connectivity index is 1.27. The Morgan fingerprint density at radius 3 is 2.56 bits per heavy atom. The molecule has 3 aromatic rings. The third-order valence-corrected chi connectivity index (χ3v) is 7.22. The van der Waals surface area contributed by atoms with Gasteiger partial charge in [-0.15, -0.1) is 0 Å². The number of benzene rings is 2. The summed E-state index contributed by atoms with van der Waals surface area (Å²) in [4.78, 5) is 22.5. The molecule has 0 unspecified atom stereocenters. The summed E-state index contributed by atoms with van der Waals surface area (Å²) < 4.78 is 7.64. The normalized spacial score (nSPS) is 20.1. The second-order valence-corrected chi connectivity index (χ2v) is 9.64. The van der Waals surface area contributed by atoms with E-state index < -0.39 is 0 Å². The minimum Gasteiger partial charge on any atom is -0.497 e. The van der Waals surface area contributed by atoms with Crippen LogP contribution in [0.5, 0.6) is 5.75 Å². The molecule has 1 amide bonds. The fourth-order valence-corrected chi connectivity index (χ4v) is 5.26. The fourth-order valence-electron chi connectivity index (χ4n) is 5.26. The number of piperazine rings is 1. The van der Waals surface area contributed by atoms with Crippen LogP contribution < -0.4 is 10.1 Å². The number of carbonyl (C=O) groups excluding carboxylic acids is 1. The van der Waals surface area contributed by atoms with Crippen molar-refractivity contribution in [3.8, 4) is 5.75 Å². The molecule has 2 aliphatic heterocycles.